The lowest BCUT2D eigenvalue weighted by atomic mass is 10.2. The molecular formula is C6H14Cl2N4. The Kier molecular flexibility index (Phi) is 7.37. The fourth-order valence-electron chi connectivity index (χ4n) is 0.819. The Morgan fingerprint density at radius 1 is 1.58 bits per heavy atom. The molecule has 0 aromatic carbocycles. The number of hydrogen-bond acceptors (Lipinski definition) is 3. The van der Waals surface area contributed by atoms with Gasteiger partial charge >= 0.3 is 0 Å². The highest BCUT2D eigenvalue weighted by Gasteiger charge is 2.00. The van der Waals surface area contributed by atoms with Gasteiger partial charge in [-0.3, -0.25) is 4.68 Å². The Hall–Kier alpha value is -0.320. The van der Waals surface area contributed by atoms with Crippen molar-refractivity contribution in [3.63, 3.8) is 0 Å². The summed E-state index contributed by atoms with van der Waals surface area (Å²) < 4.78 is 1.68. The molecule has 0 saturated heterocycles. The molecule has 0 aliphatic carbocycles. The van der Waals surface area contributed by atoms with Crippen molar-refractivity contribution >= 4 is 24.8 Å². The highest BCUT2D eigenvalue weighted by atomic mass is 35.5. The topological polar surface area (TPSA) is 56.7 Å². The number of hydrogen-bond donors (Lipinski definition) is 1. The Bertz CT molecular complexity index is 211. The fourth-order valence-corrected chi connectivity index (χ4v) is 0.819. The predicted molar refractivity (Wildman–Crippen MR) is 52.9 cm³/mol. The molecule has 0 bridgehead atoms. The number of nitrogens with two attached hydrogens (primary N) is 1. The van der Waals surface area contributed by atoms with Gasteiger partial charge in [-0.25, -0.2) is 0 Å². The van der Waals surface area contributed by atoms with E-state index < -0.39 is 0 Å². The van der Waals surface area contributed by atoms with Gasteiger partial charge in [0.1, 0.15) is 0 Å². The number of aromatic nitrogens is 3. The predicted octanol–water partition coefficient (Wildman–Crippen LogP) is 0.548. The Labute approximate surface area is 84.3 Å². The molecule has 1 heterocycles. The van der Waals surface area contributed by atoms with E-state index in [0.29, 0.717) is 0 Å². The molecule has 0 amide bonds. The summed E-state index contributed by atoms with van der Waals surface area (Å²) in [4.78, 5) is 0. The van der Waals surface area contributed by atoms with Crippen LogP contribution in [0.25, 0.3) is 0 Å². The largest absolute Gasteiger partial charge is 0.328 e. The van der Waals surface area contributed by atoms with Gasteiger partial charge in [-0.05, 0) is 6.92 Å². The molecule has 0 aliphatic rings. The number of rotatable bonds is 2. The van der Waals surface area contributed by atoms with Crippen LogP contribution in [0.1, 0.15) is 12.6 Å². The summed E-state index contributed by atoms with van der Waals surface area (Å²) >= 11 is 0. The monoisotopic (exact) mass is 212 g/mol. The smallest absolute Gasteiger partial charge is 0.0842 e. The normalized spacial score (nSPS) is 11.2. The molecule has 0 saturated carbocycles. The van der Waals surface area contributed by atoms with Crippen LogP contribution in [0.2, 0.25) is 0 Å². The molecule has 1 unspecified atom stereocenters. The van der Waals surface area contributed by atoms with Gasteiger partial charge in [0.15, 0.2) is 0 Å². The first kappa shape index (κ1) is 14.2. The van der Waals surface area contributed by atoms with E-state index in [0.717, 1.165) is 12.1 Å². The van der Waals surface area contributed by atoms with Crippen molar-refractivity contribution in [2.75, 3.05) is 0 Å². The molecule has 0 spiro atoms. The summed E-state index contributed by atoms with van der Waals surface area (Å²) in [6.45, 7) is 1.95. The van der Waals surface area contributed by atoms with E-state index in [1.54, 1.807) is 4.68 Å². The van der Waals surface area contributed by atoms with E-state index in [2.05, 4.69) is 10.3 Å². The van der Waals surface area contributed by atoms with E-state index in [1.165, 1.54) is 0 Å². The third-order valence-electron chi connectivity index (χ3n) is 1.18. The highest BCUT2D eigenvalue weighted by Crippen LogP contribution is 1.94. The van der Waals surface area contributed by atoms with E-state index in [9.17, 15) is 0 Å². The van der Waals surface area contributed by atoms with Crippen molar-refractivity contribution in [2.45, 2.75) is 19.4 Å². The Morgan fingerprint density at radius 3 is 2.50 bits per heavy atom. The first-order valence-corrected chi connectivity index (χ1v) is 3.29. The first-order valence-electron chi connectivity index (χ1n) is 3.29. The molecule has 1 atom stereocenters. The third-order valence-corrected chi connectivity index (χ3v) is 1.18. The summed E-state index contributed by atoms with van der Waals surface area (Å²) in [5.41, 5.74) is 6.51. The van der Waals surface area contributed by atoms with Crippen LogP contribution in [0.4, 0.5) is 0 Å². The van der Waals surface area contributed by atoms with Crippen LogP contribution in [-0.2, 0) is 13.5 Å². The molecule has 12 heavy (non-hydrogen) atoms. The van der Waals surface area contributed by atoms with Crippen LogP contribution >= 0.6 is 24.8 Å². The van der Waals surface area contributed by atoms with Crippen LogP contribution in [-0.4, -0.2) is 21.0 Å². The lowest BCUT2D eigenvalue weighted by Crippen LogP contribution is -2.17. The maximum Gasteiger partial charge on any atom is 0.0842 e. The SMILES string of the molecule is CC(N)Cc1cn(C)nn1.Cl.Cl. The Balaban J connectivity index is 0. The van der Waals surface area contributed by atoms with Crippen molar-refractivity contribution in [3.05, 3.63) is 11.9 Å². The highest BCUT2D eigenvalue weighted by molar-refractivity contribution is 5.85. The quantitative estimate of drug-likeness (QED) is 0.780. The molecule has 2 N–H and O–H groups in total. The molecular weight excluding hydrogens is 199 g/mol. The van der Waals surface area contributed by atoms with Crippen molar-refractivity contribution in [1.29, 1.82) is 0 Å². The average molecular weight is 213 g/mol. The van der Waals surface area contributed by atoms with E-state index in [4.69, 9.17) is 5.73 Å². The molecule has 4 nitrogen and oxygen atoms in total. The Morgan fingerprint density at radius 2 is 2.17 bits per heavy atom. The minimum atomic E-state index is 0. The molecule has 0 fully saturated rings. The van der Waals surface area contributed by atoms with Crippen LogP contribution < -0.4 is 5.73 Å². The lowest BCUT2D eigenvalue weighted by molar-refractivity contribution is 0.701. The standard InChI is InChI=1S/C6H12N4.2ClH/c1-5(7)3-6-4-10(2)9-8-6;;/h4-5H,3,7H2,1-2H3;2*1H. The van der Waals surface area contributed by atoms with Crippen LogP contribution in [0, 0.1) is 0 Å². The van der Waals surface area contributed by atoms with E-state index >= 15 is 0 Å². The van der Waals surface area contributed by atoms with Gasteiger partial charge in [0.05, 0.1) is 5.69 Å². The first-order chi connectivity index (χ1) is 4.68. The van der Waals surface area contributed by atoms with Gasteiger partial charge < -0.3 is 5.73 Å². The molecule has 1 rings (SSSR count). The number of nitrogens with zero attached hydrogens (tertiary/aromatic N) is 3. The molecule has 6 heteroatoms. The van der Waals surface area contributed by atoms with Gasteiger partial charge in [0.2, 0.25) is 0 Å². The summed E-state index contributed by atoms with van der Waals surface area (Å²) in [7, 11) is 1.84. The van der Waals surface area contributed by atoms with Crippen LogP contribution in [0.3, 0.4) is 0 Å². The fraction of sp³-hybridized carbons (Fsp3) is 0.667. The van der Waals surface area contributed by atoms with Crippen LogP contribution in [0.5, 0.6) is 0 Å². The lowest BCUT2D eigenvalue weighted by Gasteiger charge is -1.97. The molecule has 1 aromatic heterocycles. The van der Waals surface area contributed by atoms with Crippen molar-refractivity contribution < 1.29 is 0 Å². The van der Waals surface area contributed by atoms with Gasteiger partial charge in [-0.15, -0.1) is 29.9 Å². The zero-order chi connectivity index (χ0) is 7.56. The number of halogens is 2. The zero-order valence-corrected chi connectivity index (χ0v) is 8.73. The zero-order valence-electron chi connectivity index (χ0n) is 7.10. The maximum atomic E-state index is 5.56. The number of aryl methyl sites for hydroxylation is 1. The van der Waals surface area contributed by atoms with Gasteiger partial charge in [-0.1, -0.05) is 5.21 Å². The summed E-state index contributed by atoms with van der Waals surface area (Å²) in [6, 6.07) is 0.164. The van der Waals surface area contributed by atoms with Gasteiger partial charge in [0, 0.05) is 25.7 Å². The second kappa shape index (κ2) is 6.22. The van der Waals surface area contributed by atoms with Crippen molar-refractivity contribution in [1.82, 2.24) is 15.0 Å². The van der Waals surface area contributed by atoms with Crippen LogP contribution in [0.15, 0.2) is 6.20 Å². The minimum absolute atomic E-state index is 0. The second-order valence-electron chi connectivity index (χ2n) is 2.56. The van der Waals surface area contributed by atoms with E-state index in [-0.39, 0.29) is 30.9 Å². The van der Waals surface area contributed by atoms with E-state index in [1.807, 2.05) is 20.2 Å². The third kappa shape index (κ3) is 4.54. The van der Waals surface area contributed by atoms with Gasteiger partial charge in [0.25, 0.3) is 0 Å². The molecule has 1 aromatic rings. The maximum absolute atomic E-state index is 5.56. The summed E-state index contributed by atoms with van der Waals surface area (Å²) in [6.07, 6.45) is 2.68. The molecule has 0 radical (unpaired) electrons. The molecule has 72 valence electrons. The van der Waals surface area contributed by atoms with Crippen molar-refractivity contribution in [3.8, 4) is 0 Å². The van der Waals surface area contributed by atoms with Gasteiger partial charge in [-0.2, -0.15) is 0 Å². The second-order valence-corrected chi connectivity index (χ2v) is 2.56. The minimum Gasteiger partial charge on any atom is -0.328 e. The summed E-state index contributed by atoms with van der Waals surface area (Å²) in [5.74, 6) is 0. The van der Waals surface area contributed by atoms with Crippen molar-refractivity contribution in [2.24, 2.45) is 12.8 Å². The average Bonchev–Trinajstić information content (AvgIpc) is 2.13. The summed E-state index contributed by atoms with van der Waals surface area (Å²) in [5, 5.41) is 7.67. The molecule has 0 aliphatic heterocycles.